The highest BCUT2D eigenvalue weighted by molar-refractivity contribution is 5.85. The van der Waals surface area contributed by atoms with E-state index in [1.165, 1.54) is 12.1 Å². The number of nitrogens with one attached hydrogen (secondary N) is 1. The Hall–Kier alpha value is -1.27. The van der Waals surface area contributed by atoms with E-state index < -0.39 is 17.8 Å². The highest BCUT2D eigenvalue weighted by Gasteiger charge is 2.45. The van der Waals surface area contributed by atoms with E-state index in [9.17, 15) is 18.0 Å². The topological polar surface area (TPSA) is 55.1 Å². The Kier molecular flexibility index (Phi) is 5.28. The summed E-state index contributed by atoms with van der Waals surface area (Å²) < 4.78 is 38.1. The van der Waals surface area contributed by atoms with Crippen molar-refractivity contribution in [3.05, 3.63) is 35.4 Å². The third-order valence-corrected chi connectivity index (χ3v) is 3.67. The molecule has 0 saturated heterocycles. The Balaban J connectivity index is 0.00000220. The van der Waals surface area contributed by atoms with Crippen LogP contribution in [0.4, 0.5) is 13.2 Å². The maximum Gasteiger partial charge on any atom is 0.416 e. The zero-order valence-electron chi connectivity index (χ0n) is 11.5. The summed E-state index contributed by atoms with van der Waals surface area (Å²) in [6, 6.07) is 4.70. The van der Waals surface area contributed by atoms with E-state index in [1.54, 1.807) is 13.0 Å². The highest BCUT2D eigenvalue weighted by Crippen LogP contribution is 2.48. The van der Waals surface area contributed by atoms with Gasteiger partial charge in [-0.1, -0.05) is 18.2 Å². The van der Waals surface area contributed by atoms with Crippen LogP contribution in [0.15, 0.2) is 24.3 Å². The third kappa shape index (κ3) is 4.11. The summed E-state index contributed by atoms with van der Waals surface area (Å²) >= 11 is 0. The first kappa shape index (κ1) is 17.8. The second kappa shape index (κ2) is 6.23. The Bertz CT molecular complexity index is 513. The molecule has 0 aliphatic heterocycles. The van der Waals surface area contributed by atoms with Crippen molar-refractivity contribution in [2.24, 2.45) is 5.73 Å². The highest BCUT2D eigenvalue weighted by atomic mass is 35.5. The molecule has 21 heavy (non-hydrogen) atoms. The third-order valence-electron chi connectivity index (χ3n) is 3.67. The molecule has 1 aliphatic rings. The molecule has 2 rings (SSSR count). The zero-order valence-corrected chi connectivity index (χ0v) is 12.4. The molecule has 1 aromatic carbocycles. The summed E-state index contributed by atoms with van der Waals surface area (Å²) in [5.74, 6) is -0.289. The number of benzene rings is 1. The first-order valence-corrected chi connectivity index (χ1v) is 6.46. The molecule has 0 bridgehead atoms. The van der Waals surface area contributed by atoms with E-state index >= 15 is 0 Å². The van der Waals surface area contributed by atoms with Crippen molar-refractivity contribution < 1.29 is 18.0 Å². The van der Waals surface area contributed by atoms with Crippen LogP contribution in [0.2, 0.25) is 0 Å². The molecule has 1 aliphatic carbocycles. The molecule has 0 radical (unpaired) electrons. The maximum atomic E-state index is 12.7. The molecule has 3 nitrogen and oxygen atoms in total. The largest absolute Gasteiger partial charge is 0.416 e. The summed E-state index contributed by atoms with van der Waals surface area (Å²) in [5, 5.41) is 2.70. The minimum absolute atomic E-state index is 0. The lowest BCUT2D eigenvalue weighted by atomic mass is 9.94. The van der Waals surface area contributed by atoms with Gasteiger partial charge in [-0.15, -0.1) is 12.4 Å². The number of amides is 1. The molecule has 0 aromatic heterocycles. The Morgan fingerprint density at radius 1 is 1.43 bits per heavy atom. The molecule has 118 valence electrons. The van der Waals surface area contributed by atoms with Crippen molar-refractivity contribution in [3.8, 4) is 0 Å². The molecule has 1 atom stereocenters. The van der Waals surface area contributed by atoms with E-state index in [4.69, 9.17) is 5.73 Å². The van der Waals surface area contributed by atoms with Gasteiger partial charge in [0.25, 0.3) is 0 Å². The number of carbonyl (C=O) groups is 1. The van der Waals surface area contributed by atoms with Crippen LogP contribution in [0, 0.1) is 0 Å². The number of nitrogens with two attached hydrogens (primary N) is 1. The predicted molar refractivity (Wildman–Crippen MR) is 76.3 cm³/mol. The van der Waals surface area contributed by atoms with Gasteiger partial charge in [-0.25, -0.2) is 0 Å². The van der Waals surface area contributed by atoms with Gasteiger partial charge in [-0.2, -0.15) is 13.2 Å². The average Bonchev–Trinajstić information content (AvgIpc) is 3.16. The zero-order chi connectivity index (χ0) is 15.0. The minimum Gasteiger partial charge on any atom is -0.354 e. The normalized spacial score (nSPS) is 17.6. The molecule has 0 spiro atoms. The van der Waals surface area contributed by atoms with Gasteiger partial charge in [0, 0.05) is 12.0 Å². The van der Waals surface area contributed by atoms with Crippen LogP contribution >= 0.6 is 12.4 Å². The maximum absolute atomic E-state index is 12.7. The molecular weight excluding hydrogens is 305 g/mol. The summed E-state index contributed by atoms with van der Waals surface area (Å²) in [7, 11) is 0. The van der Waals surface area contributed by atoms with Crippen LogP contribution in [0.25, 0.3) is 0 Å². The molecular formula is C14H18ClF3N2O. The second-order valence-corrected chi connectivity index (χ2v) is 5.37. The fourth-order valence-corrected chi connectivity index (χ4v) is 2.16. The average molecular weight is 323 g/mol. The monoisotopic (exact) mass is 322 g/mol. The first-order valence-electron chi connectivity index (χ1n) is 6.46. The number of alkyl halides is 3. The lowest BCUT2D eigenvalue weighted by Gasteiger charge is -2.19. The Labute approximate surface area is 127 Å². The summed E-state index contributed by atoms with van der Waals surface area (Å²) in [4.78, 5) is 11.5. The van der Waals surface area contributed by atoms with Crippen LogP contribution in [-0.4, -0.2) is 18.5 Å². The quantitative estimate of drug-likeness (QED) is 0.895. The van der Waals surface area contributed by atoms with Crippen molar-refractivity contribution in [2.45, 2.75) is 37.4 Å². The van der Waals surface area contributed by atoms with Crippen LogP contribution in [0.1, 0.15) is 30.9 Å². The molecule has 0 heterocycles. The number of hydrogen-bond acceptors (Lipinski definition) is 2. The standard InChI is InChI=1S/C14H17F3N2O.ClH/c1-9(18)12(20)19-8-13(5-6-13)10-3-2-4-11(7-10)14(15,16)17;/h2-4,7,9H,5-6,8,18H2,1H3,(H,19,20);1H/t9-;/m1./s1. The Morgan fingerprint density at radius 2 is 2.05 bits per heavy atom. The molecule has 1 saturated carbocycles. The fraction of sp³-hybridized carbons (Fsp3) is 0.500. The van der Waals surface area contributed by atoms with E-state index in [0.717, 1.165) is 18.9 Å². The number of halogens is 4. The molecule has 1 amide bonds. The van der Waals surface area contributed by atoms with Crippen LogP contribution < -0.4 is 11.1 Å². The van der Waals surface area contributed by atoms with E-state index in [-0.39, 0.29) is 23.7 Å². The van der Waals surface area contributed by atoms with Gasteiger partial charge in [0.05, 0.1) is 11.6 Å². The molecule has 1 fully saturated rings. The van der Waals surface area contributed by atoms with Crippen molar-refractivity contribution in [1.29, 1.82) is 0 Å². The second-order valence-electron chi connectivity index (χ2n) is 5.37. The molecule has 1 aromatic rings. The van der Waals surface area contributed by atoms with Crippen molar-refractivity contribution in [1.82, 2.24) is 5.32 Å². The van der Waals surface area contributed by atoms with Crippen molar-refractivity contribution in [3.63, 3.8) is 0 Å². The number of rotatable bonds is 4. The predicted octanol–water partition coefficient (Wildman–Crippen LogP) is 2.62. The van der Waals surface area contributed by atoms with Gasteiger partial charge in [-0.3, -0.25) is 4.79 Å². The van der Waals surface area contributed by atoms with Crippen molar-refractivity contribution in [2.75, 3.05) is 6.54 Å². The van der Waals surface area contributed by atoms with E-state index in [1.807, 2.05) is 0 Å². The summed E-state index contributed by atoms with van der Waals surface area (Å²) in [6.07, 6.45) is -2.80. The SMILES string of the molecule is C[C@@H](N)C(=O)NCC1(c2cccc(C(F)(F)F)c2)CC1.Cl. The minimum atomic E-state index is -4.35. The fourth-order valence-electron chi connectivity index (χ4n) is 2.16. The number of hydrogen-bond donors (Lipinski definition) is 2. The van der Waals surface area contributed by atoms with Gasteiger partial charge in [-0.05, 0) is 31.4 Å². The van der Waals surface area contributed by atoms with Crippen LogP contribution in [0.5, 0.6) is 0 Å². The van der Waals surface area contributed by atoms with Crippen LogP contribution in [-0.2, 0) is 16.4 Å². The lowest BCUT2D eigenvalue weighted by Crippen LogP contribution is -2.41. The Morgan fingerprint density at radius 3 is 2.52 bits per heavy atom. The van der Waals surface area contributed by atoms with Gasteiger partial charge >= 0.3 is 6.18 Å². The van der Waals surface area contributed by atoms with Gasteiger partial charge in [0.2, 0.25) is 5.91 Å². The number of carbonyl (C=O) groups excluding carboxylic acids is 1. The van der Waals surface area contributed by atoms with Gasteiger partial charge in [0.15, 0.2) is 0 Å². The first-order chi connectivity index (χ1) is 9.24. The molecule has 0 unspecified atom stereocenters. The molecule has 7 heteroatoms. The van der Waals surface area contributed by atoms with E-state index in [2.05, 4.69) is 5.32 Å². The van der Waals surface area contributed by atoms with Crippen LogP contribution in [0.3, 0.4) is 0 Å². The van der Waals surface area contributed by atoms with Gasteiger partial charge < -0.3 is 11.1 Å². The summed E-state index contributed by atoms with van der Waals surface area (Å²) in [5.41, 5.74) is 5.05. The van der Waals surface area contributed by atoms with Gasteiger partial charge in [0.1, 0.15) is 0 Å². The van der Waals surface area contributed by atoms with Crippen molar-refractivity contribution >= 4 is 18.3 Å². The van der Waals surface area contributed by atoms with E-state index in [0.29, 0.717) is 12.1 Å². The smallest absolute Gasteiger partial charge is 0.354 e. The lowest BCUT2D eigenvalue weighted by molar-refractivity contribution is -0.137. The molecule has 3 N–H and O–H groups in total. The summed E-state index contributed by atoms with van der Waals surface area (Å²) in [6.45, 7) is 1.90.